The van der Waals surface area contributed by atoms with Gasteiger partial charge in [0.2, 0.25) is 0 Å². The van der Waals surface area contributed by atoms with Crippen molar-refractivity contribution in [1.82, 2.24) is 15.0 Å². The van der Waals surface area contributed by atoms with Crippen LogP contribution in [0.2, 0.25) is 0 Å². The number of fused-ring (bicyclic) bond motifs is 2. The zero-order chi connectivity index (χ0) is 14.7. The van der Waals surface area contributed by atoms with Gasteiger partial charge in [-0.25, -0.2) is 4.68 Å². The monoisotopic (exact) mass is 275 g/mol. The van der Waals surface area contributed by atoms with Gasteiger partial charge in [-0.1, -0.05) is 26.0 Å². The molecule has 0 bridgehead atoms. The maximum Gasteiger partial charge on any atom is 0.0859 e. The number of hydrogen-bond acceptors (Lipinski definition) is 2. The number of aryl methyl sites for hydroxylation is 1. The lowest BCUT2D eigenvalue weighted by Crippen LogP contribution is -2.26. The molecule has 1 heterocycles. The minimum atomic E-state index is 0.0478. The van der Waals surface area contributed by atoms with Gasteiger partial charge in [-0.15, -0.1) is 5.10 Å². The van der Waals surface area contributed by atoms with Crippen molar-refractivity contribution in [2.24, 2.45) is 23.2 Å². The van der Waals surface area contributed by atoms with Crippen molar-refractivity contribution in [3.05, 3.63) is 11.4 Å². The van der Waals surface area contributed by atoms with Gasteiger partial charge in [-0.3, -0.25) is 0 Å². The molecule has 3 rings (SSSR count). The molecule has 1 fully saturated rings. The largest absolute Gasteiger partial charge is 0.244 e. The maximum atomic E-state index is 4.48. The van der Waals surface area contributed by atoms with Crippen LogP contribution in [0.15, 0.2) is 0 Å². The van der Waals surface area contributed by atoms with E-state index in [0.29, 0.717) is 5.41 Å². The highest BCUT2D eigenvalue weighted by atomic mass is 15.5. The van der Waals surface area contributed by atoms with Gasteiger partial charge in [0.05, 0.1) is 16.9 Å². The highest BCUT2D eigenvalue weighted by molar-refractivity contribution is 5.17. The molecule has 3 heteroatoms. The number of hydrogen-bond donors (Lipinski definition) is 0. The molecule has 1 saturated carbocycles. The molecule has 0 amide bonds. The molecule has 0 spiro atoms. The Morgan fingerprint density at radius 3 is 2.10 bits per heavy atom. The Labute approximate surface area is 123 Å². The van der Waals surface area contributed by atoms with Crippen LogP contribution in [-0.4, -0.2) is 15.0 Å². The molecule has 1 aromatic heterocycles. The molecule has 3 atom stereocenters. The van der Waals surface area contributed by atoms with E-state index in [2.05, 4.69) is 56.5 Å². The second-order valence-electron chi connectivity index (χ2n) is 8.86. The molecule has 0 radical (unpaired) electrons. The first-order valence-corrected chi connectivity index (χ1v) is 8.13. The zero-order valence-electron chi connectivity index (χ0n) is 13.9. The van der Waals surface area contributed by atoms with Crippen molar-refractivity contribution in [2.45, 2.75) is 72.8 Å². The Hall–Kier alpha value is -0.860. The first kappa shape index (κ1) is 14.1. The van der Waals surface area contributed by atoms with Crippen molar-refractivity contribution in [3.63, 3.8) is 0 Å². The Morgan fingerprint density at radius 1 is 0.950 bits per heavy atom. The highest BCUT2D eigenvalue weighted by Gasteiger charge is 2.54. The van der Waals surface area contributed by atoms with E-state index in [-0.39, 0.29) is 5.54 Å². The van der Waals surface area contributed by atoms with Crippen molar-refractivity contribution in [2.75, 3.05) is 0 Å². The molecular weight excluding hydrogens is 246 g/mol. The first-order valence-electron chi connectivity index (χ1n) is 8.13. The van der Waals surface area contributed by atoms with Crippen LogP contribution in [0.4, 0.5) is 0 Å². The zero-order valence-corrected chi connectivity index (χ0v) is 13.9. The fourth-order valence-electron chi connectivity index (χ4n) is 4.44. The summed E-state index contributed by atoms with van der Waals surface area (Å²) in [4.78, 5) is 0. The summed E-state index contributed by atoms with van der Waals surface area (Å²) in [6.45, 7) is 13.9. The summed E-state index contributed by atoms with van der Waals surface area (Å²) >= 11 is 0. The molecule has 2 aliphatic carbocycles. The van der Waals surface area contributed by atoms with E-state index in [1.807, 2.05) is 0 Å². The van der Waals surface area contributed by atoms with Gasteiger partial charge in [0.15, 0.2) is 0 Å². The number of rotatable bonds is 0. The molecule has 3 nitrogen and oxygen atoms in total. The topological polar surface area (TPSA) is 30.7 Å². The second-order valence-corrected chi connectivity index (χ2v) is 8.86. The minimum Gasteiger partial charge on any atom is -0.244 e. The second kappa shape index (κ2) is 4.32. The Bertz CT molecular complexity index is 501. The van der Waals surface area contributed by atoms with Gasteiger partial charge >= 0.3 is 0 Å². The van der Waals surface area contributed by atoms with Crippen LogP contribution in [-0.2, 0) is 18.4 Å². The van der Waals surface area contributed by atoms with Crippen LogP contribution >= 0.6 is 0 Å². The van der Waals surface area contributed by atoms with E-state index in [4.69, 9.17) is 0 Å². The van der Waals surface area contributed by atoms with E-state index in [0.717, 1.165) is 30.6 Å². The fourth-order valence-corrected chi connectivity index (χ4v) is 4.44. The summed E-state index contributed by atoms with van der Waals surface area (Å²) in [6, 6.07) is 0. The number of nitrogens with zero attached hydrogens (tertiary/aromatic N) is 3. The summed E-state index contributed by atoms with van der Waals surface area (Å²) in [6.07, 6.45) is 4.91. The molecule has 0 aromatic carbocycles. The molecule has 0 N–H and O–H groups in total. The van der Waals surface area contributed by atoms with Gasteiger partial charge in [-0.2, -0.15) is 0 Å². The first-order chi connectivity index (χ1) is 9.19. The van der Waals surface area contributed by atoms with Crippen LogP contribution in [0.5, 0.6) is 0 Å². The van der Waals surface area contributed by atoms with Crippen LogP contribution in [0.1, 0.15) is 65.8 Å². The molecule has 20 heavy (non-hydrogen) atoms. The summed E-state index contributed by atoms with van der Waals surface area (Å²) in [5.74, 6) is 2.79. The van der Waals surface area contributed by atoms with Crippen LogP contribution in [0.25, 0.3) is 0 Å². The average molecular weight is 275 g/mol. The minimum absolute atomic E-state index is 0.0478. The van der Waals surface area contributed by atoms with E-state index < -0.39 is 0 Å². The predicted molar refractivity (Wildman–Crippen MR) is 81.6 cm³/mol. The van der Waals surface area contributed by atoms with Crippen molar-refractivity contribution >= 4 is 0 Å². The third kappa shape index (κ3) is 2.29. The van der Waals surface area contributed by atoms with Crippen molar-refractivity contribution in [1.29, 1.82) is 0 Å². The smallest absolute Gasteiger partial charge is 0.0859 e. The Balaban J connectivity index is 1.82. The Kier molecular flexibility index (Phi) is 3.04. The third-order valence-electron chi connectivity index (χ3n) is 5.24. The van der Waals surface area contributed by atoms with Crippen molar-refractivity contribution < 1.29 is 0 Å². The maximum absolute atomic E-state index is 4.48. The lowest BCUT2D eigenvalue weighted by atomic mass is 9.87. The van der Waals surface area contributed by atoms with Gasteiger partial charge in [0, 0.05) is 0 Å². The molecule has 112 valence electrons. The molecule has 0 aliphatic heterocycles. The SMILES string of the molecule is CC(C)(C)C1C2CCc3nnn(C(C)(C)C)c3CCC21. The lowest BCUT2D eigenvalue weighted by molar-refractivity contribution is 0.310. The summed E-state index contributed by atoms with van der Waals surface area (Å²) in [7, 11) is 0. The summed E-state index contributed by atoms with van der Waals surface area (Å²) in [5.41, 5.74) is 3.18. The average Bonchev–Trinajstić information content (AvgIpc) is 2.80. The number of aromatic nitrogens is 3. The highest BCUT2D eigenvalue weighted by Crippen LogP contribution is 2.60. The van der Waals surface area contributed by atoms with Gasteiger partial charge in [0.1, 0.15) is 0 Å². The van der Waals surface area contributed by atoms with Gasteiger partial charge in [0.25, 0.3) is 0 Å². The molecule has 1 aromatic rings. The summed E-state index contributed by atoms with van der Waals surface area (Å²) < 4.78 is 2.16. The molecule has 3 unspecified atom stereocenters. The summed E-state index contributed by atoms with van der Waals surface area (Å²) in [5, 5.41) is 8.90. The standard InChI is InChI=1S/C17H29N3/c1-16(2,3)15-11-7-9-13-14(10-8-12(11)15)20(19-18-13)17(4,5)6/h11-12,15H,7-10H2,1-6H3. The van der Waals surface area contributed by atoms with Gasteiger partial charge < -0.3 is 0 Å². The van der Waals surface area contributed by atoms with Crippen LogP contribution in [0, 0.1) is 23.2 Å². The quantitative estimate of drug-likeness (QED) is 0.720. The van der Waals surface area contributed by atoms with E-state index in [9.17, 15) is 0 Å². The van der Waals surface area contributed by atoms with E-state index >= 15 is 0 Å². The van der Waals surface area contributed by atoms with Gasteiger partial charge in [-0.05, 0) is 69.6 Å². The molecular formula is C17H29N3. The lowest BCUT2D eigenvalue weighted by Gasteiger charge is -2.22. The van der Waals surface area contributed by atoms with Crippen LogP contribution in [0.3, 0.4) is 0 Å². The van der Waals surface area contributed by atoms with Crippen LogP contribution < -0.4 is 0 Å². The normalized spacial score (nSPS) is 30.2. The fraction of sp³-hybridized carbons (Fsp3) is 0.882. The third-order valence-corrected chi connectivity index (χ3v) is 5.24. The van der Waals surface area contributed by atoms with Crippen molar-refractivity contribution in [3.8, 4) is 0 Å². The van der Waals surface area contributed by atoms with E-state index in [1.165, 1.54) is 24.2 Å². The predicted octanol–water partition coefficient (Wildman–Crippen LogP) is 3.82. The molecule has 0 saturated heterocycles. The Morgan fingerprint density at radius 2 is 1.55 bits per heavy atom. The van der Waals surface area contributed by atoms with E-state index in [1.54, 1.807) is 0 Å². The molecule has 2 aliphatic rings.